The summed E-state index contributed by atoms with van der Waals surface area (Å²) in [5.41, 5.74) is 0. The van der Waals surface area contributed by atoms with Crippen molar-refractivity contribution in [3.05, 3.63) is 0 Å². The Bertz CT molecular complexity index is 115. The van der Waals surface area contributed by atoms with Crippen LogP contribution in [0.3, 0.4) is 0 Å². The molecule has 0 unspecified atom stereocenters. The molecule has 0 fully saturated rings. The fourth-order valence-corrected chi connectivity index (χ4v) is 2.87. The zero-order valence-electron chi connectivity index (χ0n) is 11.5. The Morgan fingerprint density at radius 1 is 0.647 bits per heavy atom. The molecule has 5 heteroatoms. The van der Waals surface area contributed by atoms with Crippen LogP contribution in [0.15, 0.2) is 0 Å². The van der Waals surface area contributed by atoms with Gasteiger partial charge in [0.15, 0.2) is 0 Å². The summed E-state index contributed by atoms with van der Waals surface area (Å²) in [5.74, 6) is 0. The molecule has 0 amide bonds. The summed E-state index contributed by atoms with van der Waals surface area (Å²) in [6, 6.07) is 0. The van der Waals surface area contributed by atoms with Crippen molar-refractivity contribution in [2.75, 3.05) is 19.8 Å². The van der Waals surface area contributed by atoms with E-state index in [4.69, 9.17) is 9.96 Å². The molecule has 0 saturated heterocycles. The van der Waals surface area contributed by atoms with Crippen molar-refractivity contribution in [1.82, 2.24) is 0 Å². The normalized spacial score (nSPS) is 10.1. The summed E-state index contributed by atoms with van der Waals surface area (Å²) < 4.78 is 17.1. The van der Waals surface area contributed by atoms with Gasteiger partial charge in [-0.15, -0.1) is 0 Å². The molecule has 3 nitrogen and oxygen atoms in total. The van der Waals surface area contributed by atoms with E-state index in [0.717, 1.165) is 58.3 Å². The van der Waals surface area contributed by atoms with Crippen LogP contribution in [0, 0.1) is 0 Å². The van der Waals surface area contributed by atoms with Gasteiger partial charge >= 0.3 is 108 Å². The van der Waals surface area contributed by atoms with E-state index in [9.17, 15) is 0 Å². The second-order valence-corrected chi connectivity index (χ2v) is 5.99. The van der Waals surface area contributed by atoms with Crippen molar-refractivity contribution in [3.8, 4) is 0 Å². The number of rotatable bonds is 12. The molecular formula is C12H27IO3Ti. The van der Waals surface area contributed by atoms with Gasteiger partial charge < -0.3 is 24.0 Å². The Labute approximate surface area is 131 Å². The van der Waals surface area contributed by atoms with Gasteiger partial charge in [-0.3, -0.25) is 0 Å². The molecule has 0 aromatic heterocycles. The third-order valence-corrected chi connectivity index (χ3v) is 4.21. The quantitative estimate of drug-likeness (QED) is 0.279. The zero-order chi connectivity index (χ0) is 12.1. The summed E-state index contributed by atoms with van der Waals surface area (Å²) in [6.07, 6.45) is 6.79. The molecule has 0 saturated carbocycles. The summed E-state index contributed by atoms with van der Waals surface area (Å²) in [7, 11) is 0. The molecule has 0 aromatic carbocycles. The number of halogens is 1. The molecule has 0 aliphatic carbocycles. The molecule has 0 aliphatic heterocycles. The van der Waals surface area contributed by atoms with Gasteiger partial charge in [0, 0.05) is 0 Å². The first kappa shape index (κ1) is 20.6. The van der Waals surface area contributed by atoms with Gasteiger partial charge in [-0.25, -0.2) is 0 Å². The van der Waals surface area contributed by atoms with Gasteiger partial charge in [-0.05, 0) is 0 Å². The van der Waals surface area contributed by atoms with E-state index in [1.165, 1.54) is 0 Å². The molecule has 0 bridgehead atoms. The largest absolute Gasteiger partial charge is 1.00 e. The van der Waals surface area contributed by atoms with Crippen molar-refractivity contribution in [3.63, 3.8) is 0 Å². The number of unbranched alkanes of at least 4 members (excludes halogenated alkanes) is 3. The van der Waals surface area contributed by atoms with Crippen LogP contribution >= 0.6 is 0 Å². The van der Waals surface area contributed by atoms with E-state index in [1.807, 2.05) is 0 Å². The molecule has 104 valence electrons. The van der Waals surface area contributed by atoms with Crippen molar-refractivity contribution in [2.45, 2.75) is 59.3 Å². The maximum atomic E-state index is 5.70. The first-order chi connectivity index (χ1) is 7.85. The third-order valence-electron chi connectivity index (χ3n) is 2.15. The van der Waals surface area contributed by atoms with Crippen LogP contribution in [-0.2, 0) is 29.0 Å². The predicted octanol–water partition coefficient (Wildman–Crippen LogP) is 0.804. The van der Waals surface area contributed by atoms with Crippen LogP contribution in [0.25, 0.3) is 0 Å². The topological polar surface area (TPSA) is 27.7 Å². The van der Waals surface area contributed by atoms with Gasteiger partial charge in [0.2, 0.25) is 0 Å². The second kappa shape index (κ2) is 17.3. The van der Waals surface area contributed by atoms with Crippen molar-refractivity contribution >= 4 is 0 Å². The van der Waals surface area contributed by atoms with Gasteiger partial charge in [0.1, 0.15) is 0 Å². The fourth-order valence-electron chi connectivity index (χ4n) is 1.02. The zero-order valence-corrected chi connectivity index (χ0v) is 15.2. The maximum absolute atomic E-state index is 5.70. The van der Waals surface area contributed by atoms with Gasteiger partial charge in [0.25, 0.3) is 0 Å². The molecule has 0 aliphatic rings. The Kier molecular flexibility index (Phi) is 21.0. The van der Waals surface area contributed by atoms with Crippen LogP contribution < -0.4 is 24.0 Å². The molecule has 0 spiro atoms. The smallest absolute Gasteiger partial charge is 1.00 e. The molecule has 0 heterocycles. The number of hydrogen-bond donors (Lipinski definition) is 0. The Hall–Kier alpha value is 1.32. The van der Waals surface area contributed by atoms with E-state index in [-0.39, 0.29) is 24.0 Å². The Morgan fingerprint density at radius 3 is 1.18 bits per heavy atom. The molecule has 0 atom stereocenters. The molecule has 0 radical (unpaired) electrons. The number of hydrogen-bond acceptors (Lipinski definition) is 3. The third kappa shape index (κ3) is 15.3. The first-order valence-electron chi connectivity index (χ1n) is 6.60. The average molecular weight is 394 g/mol. The molecular weight excluding hydrogens is 367 g/mol. The van der Waals surface area contributed by atoms with Crippen LogP contribution in [0.2, 0.25) is 0 Å². The van der Waals surface area contributed by atoms with Crippen molar-refractivity contribution in [1.29, 1.82) is 0 Å². The minimum absolute atomic E-state index is 0. The van der Waals surface area contributed by atoms with Crippen LogP contribution in [-0.4, -0.2) is 19.8 Å². The molecule has 0 rings (SSSR count). The minimum atomic E-state index is -2.10. The van der Waals surface area contributed by atoms with E-state index >= 15 is 0 Å². The summed E-state index contributed by atoms with van der Waals surface area (Å²) >= 11 is -2.10. The Balaban J connectivity index is 0. The van der Waals surface area contributed by atoms with Gasteiger partial charge in [-0.2, -0.15) is 0 Å². The summed E-state index contributed by atoms with van der Waals surface area (Å²) in [4.78, 5) is 0. The van der Waals surface area contributed by atoms with E-state index in [1.54, 1.807) is 0 Å². The van der Waals surface area contributed by atoms with Gasteiger partial charge in [0.05, 0.1) is 0 Å². The van der Waals surface area contributed by atoms with E-state index in [2.05, 4.69) is 20.8 Å². The first-order valence-corrected chi connectivity index (χ1v) is 8.51. The minimum Gasteiger partial charge on any atom is -1.00 e. The van der Waals surface area contributed by atoms with Crippen molar-refractivity contribution in [2.24, 2.45) is 0 Å². The van der Waals surface area contributed by atoms with Crippen LogP contribution in [0.5, 0.6) is 0 Å². The molecule has 0 N–H and O–H groups in total. The van der Waals surface area contributed by atoms with E-state index in [0.29, 0.717) is 0 Å². The average Bonchev–Trinajstić information content (AvgIpc) is 2.29. The van der Waals surface area contributed by atoms with Gasteiger partial charge in [-0.1, -0.05) is 0 Å². The SMILES string of the molecule is CCCC[O][Ti+]([O]CCCC)[O]CCCC.[I-]. The van der Waals surface area contributed by atoms with Crippen LogP contribution in [0.4, 0.5) is 0 Å². The predicted molar refractivity (Wildman–Crippen MR) is 62.6 cm³/mol. The summed E-state index contributed by atoms with van der Waals surface area (Å²) in [6.45, 7) is 8.88. The monoisotopic (exact) mass is 394 g/mol. The summed E-state index contributed by atoms with van der Waals surface area (Å²) in [5, 5.41) is 0. The van der Waals surface area contributed by atoms with E-state index < -0.39 is 19.0 Å². The second-order valence-electron chi connectivity index (χ2n) is 3.86. The molecule has 0 aromatic rings. The van der Waals surface area contributed by atoms with Crippen LogP contribution in [0.1, 0.15) is 59.3 Å². The standard InChI is InChI=1S/3C4H9O.HI.Ti/c3*1-2-3-4-5;;/h3*2-4H2,1H3;1H;/q3*-1;;+4/p-1. The Morgan fingerprint density at radius 2 is 0.941 bits per heavy atom. The maximum Gasteiger partial charge on any atom is -1.00 e. The molecule has 17 heavy (non-hydrogen) atoms. The fraction of sp³-hybridized carbons (Fsp3) is 1.00. The van der Waals surface area contributed by atoms with Crippen molar-refractivity contribution < 1.29 is 53.0 Å².